The first kappa shape index (κ1) is 18.2. The average molecular weight is 362 g/mol. The van der Waals surface area contributed by atoms with E-state index in [1.165, 1.54) is 0 Å². The van der Waals surface area contributed by atoms with E-state index in [1.54, 1.807) is 67.8 Å². The van der Waals surface area contributed by atoms with Crippen molar-refractivity contribution in [3.05, 3.63) is 89.5 Å². The van der Waals surface area contributed by atoms with Crippen LogP contribution in [0.2, 0.25) is 0 Å². The van der Waals surface area contributed by atoms with Gasteiger partial charge >= 0.3 is 11.9 Å². The zero-order valence-corrected chi connectivity index (χ0v) is 15.0. The normalized spacial score (nSPS) is 10.1. The molecule has 5 nitrogen and oxygen atoms in total. The molecule has 0 N–H and O–H groups in total. The SMILES string of the molecule is COc1ccc(C(=O)Oc2ccc(OC(=O)c3ccc(C)cc3)cc2)cc1. The molecule has 0 saturated carbocycles. The van der Waals surface area contributed by atoms with Crippen LogP contribution >= 0.6 is 0 Å². The van der Waals surface area contributed by atoms with Crippen LogP contribution in [0.4, 0.5) is 0 Å². The highest BCUT2D eigenvalue weighted by Gasteiger charge is 2.11. The fraction of sp³-hybridized carbons (Fsp3) is 0.0909. The third kappa shape index (κ3) is 4.73. The summed E-state index contributed by atoms with van der Waals surface area (Å²) in [7, 11) is 1.56. The van der Waals surface area contributed by atoms with Gasteiger partial charge in [0.25, 0.3) is 0 Å². The van der Waals surface area contributed by atoms with E-state index in [-0.39, 0.29) is 0 Å². The fourth-order valence-electron chi connectivity index (χ4n) is 2.32. The topological polar surface area (TPSA) is 61.8 Å². The summed E-state index contributed by atoms with van der Waals surface area (Å²) in [5.41, 5.74) is 1.94. The third-order valence-electron chi connectivity index (χ3n) is 3.86. The third-order valence-corrected chi connectivity index (χ3v) is 3.86. The molecule has 27 heavy (non-hydrogen) atoms. The summed E-state index contributed by atoms with van der Waals surface area (Å²) in [5, 5.41) is 0. The summed E-state index contributed by atoms with van der Waals surface area (Å²) < 4.78 is 15.7. The van der Waals surface area contributed by atoms with Gasteiger partial charge in [0.1, 0.15) is 17.2 Å². The number of ether oxygens (including phenoxy) is 3. The van der Waals surface area contributed by atoms with Crippen LogP contribution in [-0.4, -0.2) is 19.0 Å². The Hall–Kier alpha value is -3.60. The first-order valence-corrected chi connectivity index (χ1v) is 8.30. The van der Waals surface area contributed by atoms with Crippen molar-refractivity contribution in [1.29, 1.82) is 0 Å². The largest absolute Gasteiger partial charge is 0.497 e. The van der Waals surface area contributed by atoms with Crippen LogP contribution in [0.3, 0.4) is 0 Å². The number of benzene rings is 3. The second-order valence-corrected chi connectivity index (χ2v) is 5.84. The lowest BCUT2D eigenvalue weighted by Gasteiger charge is -2.07. The van der Waals surface area contributed by atoms with Crippen molar-refractivity contribution in [1.82, 2.24) is 0 Å². The van der Waals surface area contributed by atoms with Crippen LogP contribution in [0, 0.1) is 6.92 Å². The van der Waals surface area contributed by atoms with E-state index in [1.807, 2.05) is 19.1 Å². The Bertz CT molecular complexity index is 926. The van der Waals surface area contributed by atoms with Gasteiger partial charge in [-0.2, -0.15) is 0 Å². The van der Waals surface area contributed by atoms with Gasteiger partial charge in [0.15, 0.2) is 0 Å². The van der Waals surface area contributed by atoms with Crippen LogP contribution in [0.25, 0.3) is 0 Å². The molecule has 0 fully saturated rings. The molecule has 0 aromatic heterocycles. The molecule has 0 aliphatic rings. The summed E-state index contributed by atoms with van der Waals surface area (Å²) in [6, 6.07) is 20.0. The number of aryl methyl sites for hydroxylation is 1. The Morgan fingerprint density at radius 2 is 0.963 bits per heavy atom. The minimum atomic E-state index is -0.484. The van der Waals surface area contributed by atoms with Gasteiger partial charge in [-0.05, 0) is 67.6 Å². The molecular weight excluding hydrogens is 344 g/mol. The standard InChI is InChI=1S/C22H18O5/c1-15-3-5-16(6-4-15)21(23)26-19-11-13-20(14-12-19)27-22(24)17-7-9-18(25-2)10-8-17/h3-14H,1-2H3. The minimum absolute atomic E-state index is 0.353. The van der Waals surface area contributed by atoms with Crippen LogP contribution in [0.15, 0.2) is 72.8 Å². The molecule has 3 rings (SSSR count). The second kappa shape index (κ2) is 8.19. The smallest absolute Gasteiger partial charge is 0.343 e. The van der Waals surface area contributed by atoms with Crippen molar-refractivity contribution in [3.63, 3.8) is 0 Å². The van der Waals surface area contributed by atoms with Crippen LogP contribution in [-0.2, 0) is 0 Å². The van der Waals surface area contributed by atoms with Crippen molar-refractivity contribution in [3.8, 4) is 17.2 Å². The zero-order valence-electron chi connectivity index (χ0n) is 15.0. The van der Waals surface area contributed by atoms with E-state index >= 15 is 0 Å². The van der Waals surface area contributed by atoms with Gasteiger partial charge in [0, 0.05) is 0 Å². The average Bonchev–Trinajstić information content (AvgIpc) is 2.70. The molecule has 0 spiro atoms. The summed E-state index contributed by atoms with van der Waals surface area (Å²) in [6.07, 6.45) is 0. The molecule has 136 valence electrons. The van der Waals surface area contributed by atoms with Crippen molar-refractivity contribution in [2.24, 2.45) is 0 Å². The monoisotopic (exact) mass is 362 g/mol. The molecule has 0 saturated heterocycles. The molecule has 0 amide bonds. The summed E-state index contributed by atoms with van der Waals surface area (Å²) in [6.45, 7) is 1.95. The maximum atomic E-state index is 12.1. The number of carbonyl (C=O) groups is 2. The number of esters is 2. The number of hydrogen-bond donors (Lipinski definition) is 0. The lowest BCUT2D eigenvalue weighted by molar-refractivity contribution is 0.0719. The Morgan fingerprint density at radius 1 is 0.593 bits per heavy atom. The number of methoxy groups -OCH3 is 1. The molecule has 0 unspecified atom stereocenters. The minimum Gasteiger partial charge on any atom is -0.497 e. The highest BCUT2D eigenvalue weighted by atomic mass is 16.5. The Morgan fingerprint density at radius 3 is 1.37 bits per heavy atom. The van der Waals surface area contributed by atoms with Gasteiger partial charge in [-0.1, -0.05) is 17.7 Å². The first-order valence-electron chi connectivity index (χ1n) is 8.30. The predicted molar refractivity (Wildman–Crippen MR) is 101 cm³/mol. The summed E-state index contributed by atoms with van der Waals surface area (Å²) >= 11 is 0. The van der Waals surface area contributed by atoms with E-state index in [4.69, 9.17) is 14.2 Å². The summed E-state index contributed by atoms with van der Waals surface area (Å²) in [4.78, 5) is 24.2. The molecule has 0 aliphatic carbocycles. The van der Waals surface area contributed by atoms with Gasteiger partial charge < -0.3 is 14.2 Å². The molecular formula is C22H18O5. The number of hydrogen-bond acceptors (Lipinski definition) is 5. The fourth-order valence-corrected chi connectivity index (χ4v) is 2.32. The second-order valence-electron chi connectivity index (χ2n) is 5.84. The van der Waals surface area contributed by atoms with Crippen LogP contribution in [0.1, 0.15) is 26.3 Å². The van der Waals surface area contributed by atoms with E-state index in [0.29, 0.717) is 28.4 Å². The summed E-state index contributed by atoms with van der Waals surface area (Å²) in [5.74, 6) is 0.446. The van der Waals surface area contributed by atoms with Crippen molar-refractivity contribution < 1.29 is 23.8 Å². The first-order chi connectivity index (χ1) is 13.0. The molecule has 0 atom stereocenters. The highest BCUT2D eigenvalue weighted by Crippen LogP contribution is 2.20. The molecule has 3 aromatic rings. The maximum Gasteiger partial charge on any atom is 0.343 e. The van der Waals surface area contributed by atoms with Crippen molar-refractivity contribution in [2.45, 2.75) is 6.92 Å². The zero-order chi connectivity index (χ0) is 19.2. The Balaban J connectivity index is 1.61. The molecule has 0 bridgehead atoms. The predicted octanol–water partition coefficient (Wildman–Crippen LogP) is 4.44. The Labute approximate surface area is 157 Å². The molecule has 0 heterocycles. The van der Waals surface area contributed by atoms with Gasteiger partial charge in [0.05, 0.1) is 18.2 Å². The highest BCUT2D eigenvalue weighted by molar-refractivity contribution is 5.92. The lowest BCUT2D eigenvalue weighted by atomic mass is 10.1. The molecule has 0 aliphatic heterocycles. The molecule has 5 heteroatoms. The Kier molecular flexibility index (Phi) is 5.52. The number of carbonyl (C=O) groups excluding carboxylic acids is 2. The van der Waals surface area contributed by atoms with E-state index < -0.39 is 11.9 Å². The van der Waals surface area contributed by atoms with Gasteiger partial charge in [-0.15, -0.1) is 0 Å². The maximum absolute atomic E-state index is 12.1. The van der Waals surface area contributed by atoms with Gasteiger partial charge in [-0.25, -0.2) is 9.59 Å². The van der Waals surface area contributed by atoms with Crippen molar-refractivity contribution in [2.75, 3.05) is 7.11 Å². The van der Waals surface area contributed by atoms with E-state index in [9.17, 15) is 9.59 Å². The van der Waals surface area contributed by atoms with Gasteiger partial charge in [-0.3, -0.25) is 0 Å². The van der Waals surface area contributed by atoms with E-state index in [0.717, 1.165) is 5.56 Å². The van der Waals surface area contributed by atoms with E-state index in [2.05, 4.69) is 0 Å². The lowest BCUT2D eigenvalue weighted by Crippen LogP contribution is -2.09. The van der Waals surface area contributed by atoms with Crippen molar-refractivity contribution >= 4 is 11.9 Å². The molecule has 0 radical (unpaired) electrons. The van der Waals surface area contributed by atoms with Crippen LogP contribution in [0.5, 0.6) is 17.2 Å². The molecule has 3 aromatic carbocycles. The van der Waals surface area contributed by atoms with Crippen LogP contribution < -0.4 is 14.2 Å². The quantitative estimate of drug-likeness (QED) is 0.496. The number of rotatable bonds is 5. The van der Waals surface area contributed by atoms with Gasteiger partial charge in [0.2, 0.25) is 0 Å².